The molecular formula is C17H19NO4. The molecule has 2 aliphatic rings. The van der Waals surface area contributed by atoms with Crippen LogP contribution in [0.2, 0.25) is 0 Å². The first-order chi connectivity index (χ1) is 10.4. The summed E-state index contributed by atoms with van der Waals surface area (Å²) in [5, 5.41) is 2.79. The van der Waals surface area contributed by atoms with Gasteiger partial charge in [-0.3, -0.25) is 14.4 Å². The number of ketones is 2. The molecule has 2 aliphatic carbocycles. The van der Waals surface area contributed by atoms with E-state index < -0.39 is 28.3 Å². The fraction of sp³-hybridized carbons (Fsp3) is 0.471. The van der Waals surface area contributed by atoms with Crippen LogP contribution in [0, 0.1) is 16.7 Å². The molecule has 3 rings (SSSR count). The SMILES string of the molecule is COc1ccccc1NC(=O)C12CCC(C(=O)C1=O)C2(C)C. The van der Waals surface area contributed by atoms with Crippen LogP contribution in [-0.4, -0.2) is 24.6 Å². The van der Waals surface area contributed by atoms with Crippen LogP contribution in [0.3, 0.4) is 0 Å². The van der Waals surface area contributed by atoms with Gasteiger partial charge in [-0.25, -0.2) is 0 Å². The van der Waals surface area contributed by atoms with Crippen LogP contribution < -0.4 is 10.1 Å². The van der Waals surface area contributed by atoms with Crippen LogP contribution in [0.1, 0.15) is 26.7 Å². The second-order valence-electron chi connectivity index (χ2n) is 6.57. The number of rotatable bonds is 3. The van der Waals surface area contributed by atoms with E-state index in [0.29, 0.717) is 24.3 Å². The zero-order valence-corrected chi connectivity index (χ0v) is 12.9. The van der Waals surface area contributed by atoms with E-state index in [2.05, 4.69) is 5.32 Å². The molecule has 0 saturated heterocycles. The molecule has 1 aromatic carbocycles. The van der Waals surface area contributed by atoms with Crippen molar-refractivity contribution in [2.75, 3.05) is 12.4 Å². The third-order valence-electron chi connectivity index (χ3n) is 5.45. The highest BCUT2D eigenvalue weighted by atomic mass is 16.5. The Morgan fingerprint density at radius 2 is 1.95 bits per heavy atom. The molecule has 2 fully saturated rings. The van der Waals surface area contributed by atoms with Gasteiger partial charge in [0.25, 0.3) is 0 Å². The second kappa shape index (κ2) is 4.66. The first-order valence-corrected chi connectivity index (χ1v) is 7.39. The van der Waals surface area contributed by atoms with Gasteiger partial charge >= 0.3 is 0 Å². The summed E-state index contributed by atoms with van der Waals surface area (Å²) in [5.74, 6) is -1.16. The normalized spacial score (nSPS) is 28.8. The van der Waals surface area contributed by atoms with E-state index in [0.717, 1.165) is 0 Å². The maximum atomic E-state index is 12.9. The summed E-state index contributed by atoms with van der Waals surface area (Å²) in [6.07, 6.45) is 1.02. The molecule has 2 atom stereocenters. The summed E-state index contributed by atoms with van der Waals surface area (Å²) in [6, 6.07) is 7.03. The van der Waals surface area contributed by atoms with Crippen molar-refractivity contribution in [1.29, 1.82) is 0 Å². The van der Waals surface area contributed by atoms with Crippen molar-refractivity contribution in [3.63, 3.8) is 0 Å². The van der Waals surface area contributed by atoms with E-state index in [9.17, 15) is 14.4 Å². The molecule has 1 amide bonds. The number of nitrogens with one attached hydrogen (secondary N) is 1. The van der Waals surface area contributed by atoms with E-state index in [-0.39, 0.29) is 5.92 Å². The molecule has 2 bridgehead atoms. The lowest BCUT2D eigenvalue weighted by Gasteiger charge is -2.33. The van der Waals surface area contributed by atoms with Crippen LogP contribution in [0.4, 0.5) is 5.69 Å². The Bertz CT molecular complexity index is 679. The number of Topliss-reactive ketones (excluding diaryl/α,β-unsaturated/α-hetero) is 2. The van der Waals surface area contributed by atoms with Crippen LogP contribution in [0.5, 0.6) is 5.75 Å². The second-order valence-corrected chi connectivity index (χ2v) is 6.57. The predicted octanol–water partition coefficient (Wildman–Crippen LogP) is 2.21. The molecule has 0 radical (unpaired) electrons. The summed E-state index contributed by atoms with van der Waals surface area (Å²) in [7, 11) is 1.52. The molecule has 0 aromatic heterocycles. The van der Waals surface area contributed by atoms with Gasteiger partial charge in [-0.1, -0.05) is 26.0 Å². The van der Waals surface area contributed by atoms with Crippen molar-refractivity contribution in [3.05, 3.63) is 24.3 Å². The molecule has 5 nitrogen and oxygen atoms in total. The summed E-state index contributed by atoms with van der Waals surface area (Å²) in [5.41, 5.74) is -1.39. The Hall–Kier alpha value is -2.17. The lowest BCUT2D eigenvalue weighted by atomic mass is 9.68. The third kappa shape index (κ3) is 1.62. The van der Waals surface area contributed by atoms with E-state index >= 15 is 0 Å². The van der Waals surface area contributed by atoms with Crippen molar-refractivity contribution < 1.29 is 19.1 Å². The number of amides is 1. The van der Waals surface area contributed by atoms with Crippen molar-refractivity contribution in [3.8, 4) is 5.75 Å². The highest BCUT2D eigenvalue weighted by Gasteiger charge is 2.72. The molecule has 1 aromatic rings. The molecule has 2 saturated carbocycles. The first kappa shape index (κ1) is 14.8. The van der Waals surface area contributed by atoms with E-state index in [1.807, 2.05) is 13.8 Å². The first-order valence-electron chi connectivity index (χ1n) is 7.39. The molecule has 2 unspecified atom stereocenters. The zero-order valence-electron chi connectivity index (χ0n) is 12.9. The monoisotopic (exact) mass is 301 g/mol. The third-order valence-corrected chi connectivity index (χ3v) is 5.45. The number of carbonyl (C=O) groups is 3. The number of benzene rings is 1. The van der Waals surface area contributed by atoms with Crippen LogP contribution in [0.15, 0.2) is 24.3 Å². The van der Waals surface area contributed by atoms with Gasteiger partial charge in [0, 0.05) is 5.92 Å². The Morgan fingerprint density at radius 1 is 1.27 bits per heavy atom. The van der Waals surface area contributed by atoms with Crippen LogP contribution in [0.25, 0.3) is 0 Å². The van der Waals surface area contributed by atoms with Crippen LogP contribution in [-0.2, 0) is 14.4 Å². The Kier molecular flexibility index (Phi) is 3.13. The van der Waals surface area contributed by atoms with Crippen molar-refractivity contribution in [2.24, 2.45) is 16.7 Å². The predicted molar refractivity (Wildman–Crippen MR) is 80.6 cm³/mol. The molecule has 22 heavy (non-hydrogen) atoms. The van der Waals surface area contributed by atoms with Gasteiger partial charge in [0.1, 0.15) is 11.2 Å². The number of hydrogen-bond donors (Lipinski definition) is 1. The minimum Gasteiger partial charge on any atom is -0.495 e. The molecule has 116 valence electrons. The van der Waals surface area contributed by atoms with E-state index in [4.69, 9.17) is 4.74 Å². The number of anilines is 1. The van der Waals surface area contributed by atoms with Gasteiger partial charge in [0.2, 0.25) is 17.5 Å². The summed E-state index contributed by atoms with van der Waals surface area (Å²) >= 11 is 0. The number of para-hydroxylation sites is 2. The standard InChI is InChI=1S/C17H19NO4/c1-16(2)10-8-9-17(16,14(20)13(10)19)15(21)18-11-6-4-5-7-12(11)22-3/h4-7,10H,8-9H2,1-3H3,(H,18,21). The molecular weight excluding hydrogens is 282 g/mol. The van der Waals surface area contributed by atoms with Gasteiger partial charge in [-0.2, -0.15) is 0 Å². The van der Waals surface area contributed by atoms with Crippen LogP contribution >= 0.6 is 0 Å². The molecule has 0 heterocycles. The minimum absolute atomic E-state index is 0.344. The number of carbonyl (C=O) groups excluding carboxylic acids is 3. The highest BCUT2D eigenvalue weighted by molar-refractivity contribution is 6.48. The fourth-order valence-corrected chi connectivity index (χ4v) is 4.06. The van der Waals surface area contributed by atoms with Gasteiger partial charge in [-0.15, -0.1) is 0 Å². The number of methoxy groups -OCH3 is 1. The largest absolute Gasteiger partial charge is 0.495 e. The van der Waals surface area contributed by atoms with Crippen molar-refractivity contribution in [1.82, 2.24) is 0 Å². The average Bonchev–Trinajstić information content (AvgIpc) is 2.84. The minimum atomic E-state index is -1.25. The van der Waals surface area contributed by atoms with Gasteiger partial charge in [0.15, 0.2) is 0 Å². The lowest BCUT2D eigenvalue weighted by Crippen LogP contribution is -2.47. The topological polar surface area (TPSA) is 72.5 Å². The fourth-order valence-electron chi connectivity index (χ4n) is 4.06. The summed E-state index contributed by atoms with van der Waals surface area (Å²) in [6.45, 7) is 3.69. The van der Waals surface area contributed by atoms with Gasteiger partial charge in [-0.05, 0) is 30.4 Å². The maximum Gasteiger partial charge on any atom is 0.239 e. The van der Waals surface area contributed by atoms with Gasteiger partial charge < -0.3 is 10.1 Å². The molecule has 5 heteroatoms. The molecule has 0 spiro atoms. The van der Waals surface area contributed by atoms with Crippen molar-refractivity contribution in [2.45, 2.75) is 26.7 Å². The Labute approximate surface area is 129 Å². The summed E-state index contributed by atoms with van der Waals surface area (Å²) < 4.78 is 5.22. The average molecular weight is 301 g/mol. The van der Waals surface area contributed by atoms with E-state index in [1.165, 1.54) is 7.11 Å². The van der Waals surface area contributed by atoms with Gasteiger partial charge in [0.05, 0.1) is 12.8 Å². The number of hydrogen-bond acceptors (Lipinski definition) is 4. The van der Waals surface area contributed by atoms with E-state index in [1.54, 1.807) is 24.3 Å². The number of fused-ring (bicyclic) bond motifs is 2. The Balaban J connectivity index is 1.98. The zero-order chi connectivity index (χ0) is 16.1. The quantitative estimate of drug-likeness (QED) is 0.686. The lowest BCUT2D eigenvalue weighted by molar-refractivity contribution is -0.147. The molecule has 1 N–H and O–H groups in total. The summed E-state index contributed by atoms with van der Waals surface area (Å²) in [4.78, 5) is 37.5. The highest BCUT2D eigenvalue weighted by Crippen LogP contribution is 2.62. The number of ether oxygens (including phenoxy) is 1. The smallest absolute Gasteiger partial charge is 0.239 e. The Morgan fingerprint density at radius 3 is 2.55 bits per heavy atom. The maximum absolute atomic E-state index is 12.9. The molecule has 0 aliphatic heterocycles. The van der Waals surface area contributed by atoms with Crippen molar-refractivity contribution >= 4 is 23.2 Å².